The Labute approximate surface area is 93.1 Å². The van der Waals surface area contributed by atoms with Gasteiger partial charge in [0.2, 0.25) is 0 Å². The maximum absolute atomic E-state index is 6.26. The Kier molecular flexibility index (Phi) is 4.46. The van der Waals surface area contributed by atoms with Gasteiger partial charge in [0.15, 0.2) is 0 Å². The minimum atomic E-state index is 0.362. The Morgan fingerprint density at radius 1 is 1.50 bits per heavy atom. The molecule has 1 rings (SSSR count). The first-order valence-corrected chi connectivity index (χ1v) is 5.95. The lowest BCUT2D eigenvalue weighted by atomic mass is 9.88. The van der Waals surface area contributed by atoms with E-state index in [4.69, 9.17) is 11.6 Å². The van der Waals surface area contributed by atoms with Crippen LogP contribution < -0.4 is 0 Å². The summed E-state index contributed by atoms with van der Waals surface area (Å²) in [6.07, 6.45) is 6.62. The SMILES string of the molecule is C/C=C/CN1CCC(Cl)CC(C)(C)C1. The van der Waals surface area contributed by atoms with E-state index in [1.807, 2.05) is 0 Å². The van der Waals surface area contributed by atoms with Crippen molar-refractivity contribution in [2.24, 2.45) is 5.41 Å². The fraction of sp³-hybridized carbons (Fsp3) is 0.833. The molecule has 1 unspecified atom stereocenters. The molecule has 1 heterocycles. The van der Waals surface area contributed by atoms with Crippen LogP contribution in [0.2, 0.25) is 0 Å². The molecule has 1 aliphatic heterocycles. The van der Waals surface area contributed by atoms with Crippen molar-refractivity contribution in [3.8, 4) is 0 Å². The summed E-state index contributed by atoms with van der Waals surface area (Å²) < 4.78 is 0. The van der Waals surface area contributed by atoms with Crippen LogP contribution in [0.25, 0.3) is 0 Å². The van der Waals surface area contributed by atoms with Crippen LogP contribution in [0.15, 0.2) is 12.2 Å². The van der Waals surface area contributed by atoms with E-state index in [0.717, 1.165) is 25.9 Å². The van der Waals surface area contributed by atoms with E-state index in [9.17, 15) is 0 Å². The molecule has 0 bridgehead atoms. The monoisotopic (exact) mass is 215 g/mol. The number of likely N-dealkylation sites (tertiary alicyclic amines) is 1. The summed E-state index contributed by atoms with van der Waals surface area (Å²) in [5.74, 6) is 0. The fourth-order valence-corrected chi connectivity index (χ4v) is 2.70. The van der Waals surface area contributed by atoms with E-state index in [0.29, 0.717) is 10.8 Å². The molecule has 0 N–H and O–H groups in total. The zero-order valence-electron chi connectivity index (χ0n) is 9.59. The number of alkyl halides is 1. The highest BCUT2D eigenvalue weighted by molar-refractivity contribution is 6.20. The fourth-order valence-electron chi connectivity index (χ4n) is 2.18. The van der Waals surface area contributed by atoms with Gasteiger partial charge in [-0.15, -0.1) is 11.6 Å². The first-order valence-electron chi connectivity index (χ1n) is 5.51. The Morgan fingerprint density at radius 3 is 2.86 bits per heavy atom. The van der Waals surface area contributed by atoms with Crippen molar-refractivity contribution in [3.05, 3.63) is 12.2 Å². The van der Waals surface area contributed by atoms with Crippen LogP contribution in [0.4, 0.5) is 0 Å². The number of allylic oxidation sites excluding steroid dienone is 1. The highest BCUT2D eigenvalue weighted by Crippen LogP contribution is 2.30. The van der Waals surface area contributed by atoms with Gasteiger partial charge in [-0.1, -0.05) is 26.0 Å². The normalized spacial score (nSPS) is 29.3. The molecule has 0 aliphatic carbocycles. The summed E-state index contributed by atoms with van der Waals surface area (Å²) in [7, 11) is 0. The zero-order valence-corrected chi connectivity index (χ0v) is 10.3. The molecule has 0 aromatic rings. The van der Waals surface area contributed by atoms with Crippen LogP contribution in [0.5, 0.6) is 0 Å². The molecule has 0 spiro atoms. The van der Waals surface area contributed by atoms with Gasteiger partial charge in [-0.2, -0.15) is 0 Å². The first kappa shape index (κ1) is 12.1. The second kappa shape index (κ2) is 5.18. The maximum atomic E-state index is 6.26. The lowest BCUT2D eigenvalue weighted by molar-refractivity contribution is 0.211. The predicted molar refractivity (Wildman–Crippen MR) is 63.9 cm³/mol. The molecule has 0 aromatic heterocycles. The van der Waals surface area contributed by atoms with Crippen LogP contribution >= 0.6 is 11.6 Å². The van der Waals surface area contributed by atoms with Crippen molar-refractivity contribution in [2.75, 3.05) is 19.6 Å². The summed E-state index contributed by atoms with van der Waals surface area (Å²) >= 11 is 6.26. The van der Waals surface area contributed by atoms with Crippen molar-refractivity contribution in [1.29, 1.82) is 0 Å². The van der Waals surface area contributed by atoms with Crippen molar-refractivity contribution < 1.29 is 0 Å². The highest BCUT2D eigenvalue weighted by Gasteiger charge is 2.28. The third-order valence-corrected chi connectivity index (χ3v) is 3.16. The average molecular weight is 216 g/mol. The van der Waals surface area contributed by atoms with Gasteiger partial charge in [-0.05, 0) is 31.7 Å². The number of rotatable bonds is 2. The lowest BCUT2D eigenvalue weighted by Gasteiger charge is -2.28. The lowest BCUT2D eigenvalue weighted by Crippen LogP contribution is -2.32. The minimum absolute atomic E-state index is 0.362. The van der Waals surface area contributed by atoms with E-state index in [1.54, 1.807) is 0 Å². The highest BCUT2D eigenvalue weighted by atomic mass is 35.5. The van der Waals surface area contributed by atoms with Crippen LogP contribution in [-0.2, 0) is 0 Å². The van der Waals surface area contributed by atoms with E-state index >= 15 is 0 Å². The topological polar surface area (TPSA) is 3.24 Å². The third kappa shape index (κ3) is 4.02. The van der Waals surface area contributed by atoms with E-state index < -0.39 is 0 Å². The van der Waals surface area contributed by atoms with Crippen LogP contribution in [-0.4, -0.2) is 29.9 Å². The minimum Gasteiger partial charge on any atom is -0.299 e. The van der Waals surface area contributed by atoms with Gasteiger partial charge in [0.1, 0.15) is 0 Å². The Hall–Kier alpha value is -0.0100. The molecule has 2 heteroatoms. The Morgan fingerprint density at radius 2 is 2.21 bits per heavy atom. The van der Waals surface area contributed by atoms with Gasteiger partial charge in [0.25, 0.3) is 0 Å². The summed E-state index contributed by atoms with van der Waals surface area (Å²) in [5.41, 5.74) is 0.366. The molecule has 14 heavy (non-hydrogen) atoms. The summed E-state index contributed by atoms with van der Waals surface area (Å²) in [4.78, 5) is 2.50. The standard InChI is InChI=1S/C12H22ClN/c1-4-5-7-14-8-6-11(13)9-12(2,3)10-14/h4-5,11H,6-10H2,1-3H3/b5-4+. The van der Waals surface area contributed by atoms with E-state index in [1.165, 1.54) is 6.54 Å². The van der Waals surface area contributed by atoms with Crippen LogP contribution in [0, 0.1) is 5.41 Å². The third-order valence-electron chi connectivity index (χ3n) is 2.78. The molecule has 82 valence electrons. The van der Waals surface area contributed by atoms with Crippen molar-refractivity contribution in [1.82, 2.24) is 4.90 Å². The van der Waals surface area contributed by atoms with Gasteiger partial charge in [0.05, 0.1) is 0 Å². The molecule has 0 saturated carbocycles. The van der Waals surface area contributed by atoms with Crippen molar-refractivity contribution >= 4 is 11.6 Å². The Balaban J connectivity index is 2.53. The largest absolute Gasteiger partial charge is 0.299 e. The van der Waals surface area contributed by atoms with E-state index in [-0.39, 0.29) is 0 Å². The molecule has 1 nitrogen and oxygen atoms in total. The second-order valence-electron chi connectivity index (χ2n) is 5.06. The van der Waals surface area contributed by atoms with Gasteiger partial charge in [-0.25, -0.2) is 0 Å². The summed E-state index contributed by atoms with van der Waals surface area (Å²) in [6, 6.07) is 0. The van der Waals surface area contributed by atoms with Crippen molar-refractivity contribution in [2.45, 2.75) is 39.0 Å². The molecular weight excluding hydrogens is 194 g/mol. The van der Waals surface area contributed by atoms with Gasteiger partial charge < -0.3 is 0 Å². The quantitative estimate of drug-likeness (QED) is 0.505. The maximum Gasteiger partial charge on any atom is 0.0353 e. The van der Waals surface area contributed by atoms with Crippen LogP contribution in [0.1, 0.15) is 33.6 Å². The molecule has 1 fully saturated rings. The van der Waals surface area contributed by atoms with Crippen LogP contribution in [0.3, 0.4) is 0 Å². The number of hydrogen-bond acceptors (Lipinski definition) is 1. The number of halogens is 1. The number of hydrogen-bond donors (Lipinski definition) is 0. The van der Waals surface area contributed by atoms with Gasteiger partial charge >= 0.3 is 0 Å². The molecule has 0 amide bonds. The molecule has 1 saturated heterocycles. The molecule has 0 aromatic carbocycles. The molecule has 1 atom stereocenters. The average Bonchev–Trinajstić information content (AvgIpc) is 2.20. The first-order chi connectivity index (χ1) is 6.53. The Bertz CT molecular complexity index is 198. The number of nitrogens with zero attached hydrogens (tertiary/aromatic N) is 1. The summed E-state index contributed by atoms with van der Waals surface area (Å²) in [5, 5.41) is 0.362. The molecular formula is C12H22ClN. The zero-order chi connectivity index (χ0) is 10.6. The van der Waals surface area contributed by atoms with Gasteiger partial charge in [0, 0.05) is 18.5 Å². The smallest absolute Gasteiger partial charge is 0.0353 e. The second-order valence-corrected chi connectivity index (χ2v) is 5.68. The molecule has 0 radical (unpaired) electrons. The predicted octanol–water partition coefficient (Wildman–Crippen LogP) is 3.29. The molecule has 1 aliphatic rings. The van der Waals surface area contributed by atoms with E-state index in [2.05, 4.69) is 37.8 Å². The van der Waals surface area contributed by atoms with Crippen molar-refractivity contribution in [3.63, 3.8) is 0 Å². The summed E-state index contributed by atoms with van der Waals surface area (Å²) in [6.45, 7) is 10.1. The van der Waals surface area contributed by atoms with Gasteiger partial charge in [-0.3, -0.25) is 4.90 Å².